The van der Waals surface area contributed by atoms with E-state index in [1.807, 2.05) is 0 Å². The Balaban J connectivity index is 3.49. The van der Waals surface area contributed by atoms with Gasteiger partial charge in [-0.2, -0.15) is 7.42 Å². The van der Waals surface area contributed by atoms with Crippen LogP contribution in [0.4, 0.5) is 0 Å². The zero-order valence-corrected chi connectivity index (χ0v) is 11.2. The minimum Gasteiger partial charge on any atom is -0.193 e. The van der Waals surface area contributed by atoms with Gasteiger partial charge in [0, 0.05) is 13.1 Å². The predicted molar refractivity (Wildman–Crippen MR) is 67.5 cm³/mol. The average Bonchev–Trinajstić information content (AvgIpc) is 2.13. The molecule has 0 radical (unpaired) electrons. The van der Waals surface area contributed by atoms with Crippen molar-refractivity contribution in [2.24, 2.45) is 0 Å². The first-order valence-electron chi connectivity index (χ1n) is 3.50. The van der Waals surface area contributed by atoms with Crippen LogP contribution in [0, 0.1) is 0 Å². The molecule has 12 heavy (non-hydrogen) atoms. The third-order valence-electron chi connectivity index (χ3n) is 1.28. The van der Waals surface area contributed by atoms with Crippen molar-refractivity contribution in [3.63, 3.8) is 0 Å². The van der Waals surface area contributed by atoms with Gasteiger partial charge in [0.2, 0.25) is 0 Å². The lowest BCUT2D eigenvalue weighted by molar-refractivity contribution is 0.636. The van der Waals surface area contributed by atoms with Gasteiger partial charge >= 0.3 is 0 Å². The molecular formula is C6H16N2S4. The lowest BCUT2D eigenvalue weighted by Crippen LogP contribution is -2.19. The molecule has 0 aromatic heterocycles. The number of hydrogen-bond donors (Lipinski definition) is 0. The first-order valence-corrected chi connectivity index (χ1v) is 8.22. The monoisotopic (exact) mass is 244 g/mol. The van der Waals surface area contributed by atoms with Crippen LogP contribution in [0.2, 0.25) is 0 Å². The summed E-state index contributed by atoms with van der Waals surface area (Å²) < 4.78 is 4.55. The van der Waals surface area contributed by atoms with Crippen molar-refractivity contribution < 1.29 is 0 Å². The Kier molecular flexibility index (Phi) is 9.88. The van der Waals surface area contributed by atoms with E-state index in [0.717, 1.165) is 13.1 Å². The third kappa shape index (κ3) is 5.88. The quantitative estimate of drug-likeness (QED) is 0.631. The molecule has 0 aromatic carbocycles. The van der Waals surface area contributed by atoms with Gasteiger partial charge in [0.1, 0.15) is 0 Å². The molecule has 0 rings (SSSR count). The molecule has 0 N–H and O–H groups in total. The highest BCUT2D eigenvalue weighted by atomic mass is 32.2. The van der Waals surface area contributed by atoms with Crippen molar-refractivity contribution in [1.82, 2.24) is 7.42 Å². The maximum Gasteiger partial charge on any atom is 0.0349 e. The minimum atomic E-state index is 1.10. The normalized spacial score (nSPS) is 11.5. The summed E-state index contributed by atoms with van der Waals surface area (Å²) in [6.45, 7) is 2.20. The van der Waals surface area contributed by atoms with Crippen molar-refractivity contribution in [2.45, 2.75) is 0 Å². The lowest BCUT2D eigenvalue weighted by atomic mass is 10.7. The molecule has 0 spiro atoms. The van der Waals surface area contributed by atoms with E-state index in [4.69, 9.17) is 0 Å². The molecule has 0 atom stereocenters. The summed E-state index contributed by atoms with van der Waals surface area (Å²) in [5.74, 6) is 0. The van der Waals surface area contributed by atoms with Crippen LogP contribution in [0.3, 0.4) is 0 Å². The van der Waals surface area contributed by atoms with E-state index in [9.17, 15) is 0 Å². The summed E-state index contributed by atoms with van der Waals surface area (Å²) >= 11 is 7.14. The van der Waals surface area contributed by atoms with Crippen molar-refractivity contribution >= 4 is 47.8 Å². The highest BCUT2D eigenvalue weighted by molar-refractivity contribution is 8.11. The molecule has 0 heterocycles. The van der Waals surface area contributed by atoms with Crippen LogP contribution in [-0.2, 0) is 0 Å². The molecule has 2 nitrogen and oxygen atoms in total. The fourth-order valence-corrected chi connectivity index (χ4v) is 2.93. The number of nitrogens with zero attached hydrogens (tertiary/aromatic N) is 2. The van der Waals surface area contributed by atoms with Gasteiger partial charge in [0.05, 0.1) is 0 Å². The summed E-state index contributed by atoms with van der Waals surface area (Å²) in [4.78, 5) is 0. The van der Waals surface area contributed by atoms with Gasteiger partial charge in [-0.15, -0.1) is 0 Å². The van der Waals surface area contributed by atoms with Gasteiger partial charge in [0.15, 0.2) is 0 Å². The molecule has 0 saturated carbocycles. The molecule has 0 aliphatic carbocycles. The predicted octanol–water partition coefficient (Wildman–Crippen LogP) is 2.70. The zero-order chi connectivity index (χ0) is 9.40. The maximum absolute atomic E-state index is 2.28. The molecular weight excluding hydrogens is 228 g/mol. The van der Waals surface area contributed by atoms with E-state index in [2.05, 4.69) is 32.4 Å². The molecule has 74 valence electrons. The molecule has 0 aliphatic rings. The summed E-state index contributed by atoms with van der Waals surface area (Å²) in [7, 11) is 0. The van der Waals surface area contributed by atoms with E-state index in [0.29, 0.717) is 0 Å². The van der Waals surface area contributed by atoms with Crippen molar-refractivity contribution in [2.75, 3.05) is 38.1 Å². The Hall–Kier alpha value is 1.32. The topological polar surface area (TPSA) is 6.48 Å². The largest absolute Gasteiger partial charge is 0.193 e. The lowest BCUT2D eigenvalue weighted by Gasteiger charge is -2.20. The van der Waals surface area contributed by atoms with Crippen molar-refractivity contribution in [1.29, 1.82) is 0 Å². The molecule has 0 aliphatic heterocycles. The zero-order valence-electron chi connectivity index (χ0n) is 7.94. The number of rotatable bonds is 7. The van der Waals surface area contributed by atoms with Gasteiger partial charge in [-0.25, -0.2) is 0 Å². The summed E-state index contributed by atoms with van der Waals surface area (Å²) in [6.07, 6.45) is 8.44. The fourth-order valence-electron chi connectivity index (χ4n) is 0.678. The first-order chi connectivity index (χ1) is 5.78. The Morgan fingerprint density at radius 2 is 0.917 bits per heavy atom. The van der Waals surface area contributed by atoms with Gasteiger partial charge in [0.25, 0.3) is 0 Å². The van der Waals surface area contributed by atoms with Crippen molar-refractivity contribution in [3.8, 4) is 0 Å². The average molecular weight is 244 g/mol. The Labute approximate surface area is 93.1 Å². The molecule has 0 saturated heterocycles. The molecule has 0 bridgehead atoms. The molecule has 0 amide bonds. The third-order valence-corrected chi connectivity index (χ3v) is 5.43. The summed E-state index contributed by atoms with van der Waals surface area (Å²) in [5, 5.41) is 0. The SMILES string of the molecule is CSN(CCN(SC)SC)SC. The van der Waals surface area contributed by atoms with Crippen LogP contribution in [0.1, 0.15) is 0 Å². The smallest absolute Gasteiger partial charge is 0.0349 e. The molecule has 0 fully saturated rings. The molecule has 0 unspecified atom stereocenters. The standard InChI is InChI=1S/C6H16N2S4/c1-9-7(10-2)5-6-8(11-3)12-4/h5-6H2,1-4H3. The van der Waals surface area contributed by atoms with Gasteiger partial charge in [-0.3, -0.25) is 0 Å². The van der Waals surface area contributed by atoms with Crippen LogP contribution in [0.5, 0.6) is 0 Å². The van der Waals surface area contributed by atoms with E-state index < -0.39 is 0 Å². The maximum atomic E-state index is 2.28. The molecule has 0 aromatic rings. The van der Waals surface area contributed by atoms with Crippen LogP contribution >= 0.6 is 47.8 Å². The van der Waals surface area contributed by atoms with E-state index in [-0.39, 0.29) is 0 Å². The second-order valence-corrected chi connectivity index (χ2v) is 5.53. The highest BCUT2D eigenvalue weighted by Gasteiger charge is 2.04. The van der Waals surface area contributed by atoms with Crippen LogP contribution in [0.25, 0.3) is 0 Å². The second-order valence-electron chi connectivity index (χ2n) is 1.84. The fraction of sp³-hybridized carbons (Fsp3) is 1.00. The van der Waals surface area contributed by atoms with Crippen molar-refractivity contribution in [3.05, 3.63) is 0 Å². The Bertz CT molecular complexity index is 83.5. The second kappa shape index (κ2) is 8.90. The minimum absolute atomic E-state index is 1.10. The first kappa shape index (κ1) is 13.3. The van der Waals surface area contributed by atoms with E-state index in [1.165, 1.54) is 0 Å². The summed E-state index contributed by atoms with van der Waals surface area (Å²) in [6, 6.07) is 0. The van der Waals surface area contributed by atoms with Crippen LogP contribution in [-0.4, -0.2) is 45.5 Å². The van der Waals surface area contributed by atoms with Gasteiger partial charge in [-0.05, 0) is 25.0 Å². The summed E-state index contributed by atoms with van der Waals surface area (Å²) in [5.41, 5.74) is 0. The van der Waals surface area contributed by atoms with E-state index in [1.54, 1.807) is 47.8 Å². The molecule has 6 heteroatoms. The number of hydrogen-bond acceptors (Lipinski definition) is 6. The van der Waals surface area contributed by atoms with Crippen LogP contribution in [0.15, 0.2) is 0 Å². The van der Waals surface area contributed by atoms with Gasteiger partial charge in [-0.1, -0.05) is 47.8 Å². The highest BCUT2D eigenvalue weighted by Crippen LogP contribution is 2.19. The van der Waals surface area contributed by atoms with Crippen LogP contribution < -0.4 is 0 Å². The van der Waals surface area contributed by atoms with E-state index >= 15 is 0 Å². The Morgan fingerprint density at radius 1 is 0.667 bits per heavy atom. The Morgan fingerprint density at radius 3 is 1.08 bits per heavy atom. The van der Waals surface area contributed by atoms with Gasteiger partial charge < -0.3 is 0 Å².